The Bertz CT molecular complexity index is 897. The second-order valence-corrected chi connectivity index (χ2v) is 8.04. The van der Waals surface area contributed by atoms with Crippen molar-refractivity contribution in [3.63, 3.8) is 0 Å². The van der Waals surface area contributed by atoms with E-state index in [2.05, 4.69) is 15.3 Å². The summed E-state index contributed by atoms with van der Waals surface area (Å²) < 4.78 is 6.38. The number of rotatable bonds is 5. The van der Waals surface area contributed by atoms with E-state index in [-0.39, 0.29) is 37.2 Å². The van der Waals surface area contributed by atoms with Gasteiger partial charge in [-0.2, -0.15) is 0 Å². The van der Waals surface area contributed by atoms with Crippen LogP contribution in [0.25, 0.3) is 0 Å². The average molecular weight is 431 g/mol. The summed E-state index contributed by atoms with van der Waals surface area (Å²) in [6.07, 6.45) is 3.42. The normalized spacial score (nSPS) is 15.5. The van der Waals surface area contributed by atoms with E-state index in [0.29, 0.717) is 17.3 Å². The molecule has 0 unspecified atom stereocenters. The van der Waals surface area contributed by atoms with Gasteiger partial charge in [-0.15, -0.1) is 23.7 Å². The van der Waals surface area contributed by atoms with Crippen LogP contribution in [-0.4, -0.2) is 33.4 Å². The number of anilines is 1. The maximum absolute atomic E-state index is 13.0. The number of esters is 1. The van der Waals surface area contributed by atoms with Gasteiger partial charge in [0.2, 0.25) is 0 Å². The van der Waals surface area contributed by atoms with Crippen LogP contribution in [0.2, 0.25) is 0 Å². The number of carbonyl (C=O) groups is 1. The Balaban J connectivity index is 0.00000261. The van der Waals surface area contributed by atoms with Gasteiger partial charge in [0.25, 0.3) is 5.56 Å². The summed E-state index contributed by atoms with van der Waals surface area (Å²) in [5.41, 5.74) is 2.01. The fourth-order valence-electron chi connectivity index (χ4n) is 3.13. The fourth-order valence-corrected chi connectivity index (χ4v) is 4.71. The summed E-state index contributed by atoms with van der Waals surface area (Å²) in [4.78, 5) is 35.2. The van der Waals surface area contributed by atoms with Crippen molar-refractivity contribution in [3.8, 4) is 0 Å². The van der Waals surface area contributed by atoms with Gasteiger partial charge in [0.1, 0.15) is 12.2 Å². The summed E-state index contributed by atoms with van der Waals surface area (Å²) in [7, 11) is 0. The monoisotopic (exact) mass is 430 g/mol. The first-order valence-corrected chi connectivity index (χ1v) is 10.5. The van der Waals surface area contributed by atoms with Gasteiger partial charge in [0.15, 0.2) is 5.16 Å². The van der Waals surface area contributed by atoms with Gasteiger partial charge in [0.05, 0.1) is 29.0 Å². The second kappa shape index (κ2) is 9.07. The van der Waals surface area contributed by atoms with E-state index in [0.717, 1.165) is 27.7 Å². The number of nitrogens with one attached hydrogen (secondary N) is 1. The first-order valence-electron chi connectivity index (χ1n) is 8.48. The largest absolute Gasteiger partial charge is 0.465 e. The predicted molar refractivity (Wildman–Crippen MR) is 110 cm³/mol. The van der Waals surface area contributed by atoms with E-state index in [1.165, 1.54) is 16.3 Å². The van der Waals surface area contributed by atoms with Crippen LogP contribution in [0.5, 0.6) is 0 Å². The first-order chi connectivity index (χ1) is 12.4. The van der Waals surface area contributed by atoms with Gasteiger partial charge in [-0.05, 0) is 39.9 Å². The zero-order chi connectivity index (χ0) is 18.8. The van der Waals surface area contributed by atoms with E-state index < -0.39 is 5.97 Å². The Labute approximate surface area is 172 Å². The van der Waals surface area contributed by atoms with Crippen molar-refractivity contribution in [1.82, 2.24) is 14.5 Å². The predicted octanol–water partition coefficient (Wildman–Crippen LogP) is 3.12. The third kappa shape index (κ3) is 4.47. The van der Waals surface area contributed by atoms with Crippen LogP contribution < -0.4 is 10.9 Å². The Morgan fingerprint density at radius 1 is 1.41 bits per heavy atom. The highest BCUT2D eigenvalue weighted by molar-refractivity contribution is 7.98. The van der Waals surface area contributed by atoms with E-state index in [1.807, 2.05) is 20.1 Å². The minimum Gasteiger partial charge on any atom is -0.465 e. The number of aromatic nitrogens is 3. The molecule has 0 aliphatic carbocycles. The lowest BCUT2D eigenvalue weighted by molar-refractivity contribution is -0.144. The Hall–Kier alpha value is -1.58. The number of hydrogen-bond acceptors (Lipinski definition) is 8. The molecule has 3 rings (SSSR count). The van der Waals surface area contributed by atoms with Crippen molar-refractivity contribution >= 4 is 47.2 Å². The van der Waals surface area contributed by atoms with Crippen LogP contribution in [-0.2, 0) is 22.5 Å². The highest BCUT2D eigenvalue weighted by Gasteiger charge is 2.28. The summed E-state index contributed by atoms with van der Waals surface area (Å²) in [5, 5.41) is 4.89. The van der Waals surface area contributed by atoms with E-state index in [4.69, 9.17) is 4.74 Å². The number of nitrogens with zero attached hydrogens (tertiary/aromatic N) is 3. The molecule has 0 saturated heterocycles. The van der Waals surface area contributed by atoms with Gasteiger partial charge in [-0.25, -0.2) is 9.97 Å². The number of aryl methyl sites for hydroxylation is 3. The molecule has 0 aromatic carbocycles. The van der Waals surface area contributed by atoms with Crippen molar-refractivity contribution in [2.24, 2.45) is 0 Å². The van der Waals surface area contributed by atoms with Crippen molar-refractivity contribution in [3.05, 3.63) is 31.6 Å². The van der Waals surface area contributed by atoms with Gasteiger partial charge in [-0.3, -0.25) is 14.2 Å². The second-order valence-electron chi connectivity index (χ2n) is 6.03. The molecule has 2 aromatic heterocycles. The molecule has 0 radical (unpaired) electrons. The van der Waals surface area contributed by atoms with Crippen LogP contribution in [0, 0.1) is 13.8 Å². The zero-order valence-electron chi connectivity index (χ0n) is 15.7. The SMILES string of the molecule is CCOC(=O)Cn1c(SC)nc2c(c1=O)N[C@H](c1sc(C)nc1C)CC2.Cl. The Kier molecular flexibility index (Phi) is 7.30. The molecular weight excluding hydrogens is 408 g/mol. The molecule has 0 spiro atoms. The summed E-state index contributed by atoms with van der Waals surface area (Å²) in [5.74, 6) is -0.437. The van der Waals surface area contributed by atoms with Gasteiger partial charge in [-0.1, -0.05) is 11.8 Å². The third-order valence-corrected chi connectivity index (χ3v) is 6.09. The fraction of sp³-hybridized carbons (Fsp3) is 0.529. The molecule has 1 atom stereocenters. The summed E-state index contributed by atoms with van der Waals surface area (Å²) in [6.45, 7) is 5.87. The first kappa shape index (κ1) is 21.7. The lowest BCUT2D eigenvalue weighted by atomic mass is 10.0. The van der Waals surface area contributed by atoms with Crippen molar-refractivity contribution < 1.29 is 9.53 Å². The van der Waals surface area contributed by atoms with Crippen LogP contribution in [0.4, 0.5) is 5.69 Å². The maximum atomic E-state index is 13.0. The number of fused-ring (bicyclic) bond motifs is 1. The quantitative estimate of drug-likeness (QED) is 0.443. The molecule has 1 N–H and O–H groups in total. The van der Waals surface area contributed by atoms with Crippen molar-refractivity contribution in [1.29, 1.82) is 0 Å². The lowest BCUT2D eigenvalue weighted by Gasteiger charge is -2.26. The Morgan fingerprint density at radius 2 is 2.15 bits per heavy atom. The molecule has 1 aliphatic rings. The molecule has 1 aliphatic heterocycles. The number of hydrogen-bond donors (Lipinski definition) is 1. The molecular formula is C17H23ClN4O3S2. The number of thioether (sulfide) groups is 1. The van der Waals surface area contributed by atoms with Crippen molar-refractivity contribution in [2.45, 2.75) is 51.4 Å². The minimum atomic E-state index is -0.437. The third-order valence-electron chi connectivity index (χ3n) is 4.23. The molecule has 148 valence electrons. The molecule has 0 saturated carbocycles. The van der Waals surface area contributed by atoms with Crippen molar-refractivity contribution in [2.75, 3.05) is 18.2 Å². The smallest absolute Gasteiger partial charge is 0.326 e. The van der Waals surface area contributed by atoms with E-state index in [1.54, 1.807) is 18.3 Å². The molecule has 10 heteroatoms. The van der Waals surface area contributed by atoms with Crippen LogP contribution >= 0.6 is 35.5 Å². The lowest BCUT2D eigenvalue weighted by Crippen LogP contribution is -2.34. The van der Waals surface area contributed by atoms with Crippen LogP contribution in [0.3, 0.4) is 0 Å². The topological polar surface area (TPSA) is 86.1 Å². The van der Waals surface area contributed by atoms with E-state index >= 15 is 0 Å². The highest BCUT2D eigenvalue weighted by Crippen LogP contribution is 2.35. The average Bonchev–Trinajstić information content (AvgIpc) is 2.95. The number of carbonyl (C=O) groups excluding carboxylic acids is 1. The molecule has 7 nitrogen and oxygen atoms in total. The summed E-state index contributed by atoms with van der Waals surface area (Å²) in [6, 6.07) is 0.0411. The molecule has 3 heterocycles. The zero-order valence-corrected chi connectivity index (χ0v) is 18.1. The van der Waals surface area contributed by atoms with Gasteiger partial charge >= 0.3 is 5.97 Å². The molecule has 0 bridgehead atoms. The number of ether oxygens (including phenoxy) is 1. The maximum Gasteiger partial charge on any atom is 0.326 e. The van der Waals surface area contributed by atoms with Gasteiger partial charge < -0.3 is 10.1 Å². The molecule has 0 amide bonds. The number of halogens is 1. The molecule has 27 heavy (non-hydrogen) atoms. The standard InChI is InChI=1S/C17H22N4O3S2.ClH/c1-5-24-13(22)8-21-16(23)14-11(20-17(21)25-4)6-7-12(19-14)15-9(2)18-10(3)26-15;/h12,19H,5-8H2,1-4H3;1H/t12-;/m0./s1. The van der Waals surface area contributed by atoms with E-state index in [9.17, 15) is 9.59 Å². The Morgan fingerprint density at radius 3 is 2.74 bits per heavy atom. The highest BCUT2D eigenvalue weighted by atomic mass is 35.5. The number of thiazole rings is 1. The molecule has 2 aromatic rings. The minimum absolute atomic E-state index is 0. The van der Waals surface area contributed by atoms with Crippen LogP contribution in [0.1, 0.15) is 40.7 Å². The van der Waals surface area contributed by atoms with Gasteiger partial charge in [0, 0.05) is 4.88 Å². The summed E-state index contributed by atoms with van der Waals surface area (Å²) >= 11 is 3.00. The van der Waals surface area contributed by atoms with Crippen LogP contribution in [0.15, 0.2) is 9.95 Å². The molecule has 0 fully saturated rings.